The van der Waals surface area contributed by atoms with E-state index in [2.05, 4.69) is 0 Å². The number of hydrogen-bond donors (Lipinski definition) is 0. The molecule has 0 bridgehead atoms. The average Bonchev–Trinajstić information content (AvgIpc) is 3.22. The van der Waals surface area contributed by atoms with Gasteiger partial charge in [-0.2, -0.15) is 5.10 Å². The number of aromatic nitrogens is 2. The molecular weight excluding hydrogens is 498 g/mol. The third-order valence-electron chi connectivity index (χ3n) is 6.30. The van der Waals surface area contributed by atoms with Crippen molar-refractivity contribution in [3.05, 3.63) is 71.2 Å². The molecule has 5 rings (SSSR count). The molecule has 8 nitrogen and oxygen atoms in total. The second-order valence-corrected chi connectivity index (χ2v) is 12.3. The van der Waals surface area contributed by atoms with Crippen LogP contribution in [0.15, 0.2) is 60.1 Å². The van der Waals surface area contributed by atoms with E-state index in [9.17, 15) is 18.0 Å². The first-order chi connectivity index (χ1) is 17.4. The molecule has 0 N–H and O–H groups in total. The predicted molar refractivity (Wildman–Crippen MR) is 138 cm³/mol. The van der Waals surface area contributed by atoms with Gasteiger partial charge >= 0.3 is 5.97 Å². The quantitative estimate of drug-likeness (QED) is 0.314. The molecule has 10 heteroatoms. The summed E-state index contributed by atoms with van der Waals surface area (Å²) in [5, 5.41) is 6.69. The minimum absolute atomic E-state index is 0.0123. The van der Waals surface area contributed by atoms with E-state index in [1.54, 1.807) is 22.3 Å². The van der Waals surface area contributed by atoms with Crippen LogP contribution in [-0.4, -0.2) is 65.2 Å². The number of ether oxygens (including phenoxy) is 1. The van der Waals surface area contributed by atoms with Gasteiger partial charge in [-0.05, 0) is 42.3 Å². The molecule has 3 aromatic rings. The van der Waals surface area contributed by atoms with Crippen LogP contribution >= 0.6 is 11.3 Å². The highest BCUT2D eigenvalue weighted by Crippen LogP contribution is 2.32. The normalized spacial score (nSPS) is 18.9. The number of rotatable bonds is 9. The van der Waals surface area contributed by atoms with Crippen molar-refractivity contribution < 1.29 is 22.7 Å². The van der Waals surface area contributed by atoms with E-state index >= 15 is 0 Å². The van der Waals surface area contributed by atoms with Gasteiger partial charge in [-0.1, -0.05) is 36.4 Å². The molecule has 2 aliphatic rings. The summed E-state index contributed by atoms with van der Waals surface area (Å²) >= 11 is 1.56. The lowest BCUT2D eigenvalue weighted by Gasteiger charge is -2.28. The Hall–Kier alpha value is -3.24. The van der Waals surface area contributed by atoms with Crippen LogP contribution in [-0.2, 0) is 30.7 Å². The van der Waals surface area contributed by atoms with E-state index in [1.165, 1.54) is 6.08 Å². The first-order valence-electron chi connectivity index (χ1n) is 11.9. The van der Waals surface area contributed by atoms with Crippen LogP contribution in [0.1, 0.15) is 30.4 Å². The van der Waals surface area contributed by atoms with E-state index in [-0.39, 0.29) is 29.5 Å². The molecule has 1 saturated heterocycles. The van der Waals surface area contributed by atoms with Crippen molar-refractivity contribution >= 4 is 39.1 Å². The second-order valence-electron chi connectivity index (χ2n) is 9.12. The number of carbonyl (C=O) groups excluding carboxylic acids is 2. The number of carbonyl (C=O) groups is 2. The summed E-state index contributed by atoms with van der Waals surface area (Å²) in [6.07, 6.45) is 6.99. The van der Waals surface area contributed by atoms with E-state index in [4.69, 9.17) is 9.84 Å². The van der Waals surface area contributed by atoms with Crippen molar-refractivity contribution in [2.24, 2.45) is 0 Å². The molecule has 1 atom stereocenters. The number of hydrogen-bond acceptors (Lipinski definition) is 7. The minimum atomic E-state index is -3.11. The smallest absolute Gasteiger partial charge is 0.331 e. The Morgan fingerprint density at radius 1 is 1.11 bits per heavy atom. The molecule has 0 radical (unpaired) electrons. The van der Waals surface area contributed by atoms with Gasteiger partial charge in [0.25, 0.3) is 5.91 Å². The number of thiophene rings is 1. The minimum Gasteiger partial charge on any atom is -0.452 e. The fraction of sp³-hybridized carbons (Fsp3) is 0.346. The SMILES string of the molecule is O=C(/C=C/c1cn(Cc2ccccc2)nc1-c1cccs1)OCC(=O)N(C1CC1)C1CCS(=O)(=O)C1. The molecule has 1 aliphatic carbocycles. The average molecular weight is 526 g/mol. The van der Waals surface area contributed by atoms with Crippen LogP contribution in [0.2, 0.25) is 0 Å². The highest BCUT2D eigenvalue weighted by molar-refractivity contribution is 7.91. The monoisotopic (exact) mass is 525 g/mol. The molecule has 1 unspecified atom stereocenters. The Kier molecular flexibility index (Phi) is 7.06. The number of amides is 1. The Morgan fingerprint density at radius 3 is 2.58 bits per heavy atom. The second kappa shape index (κ2) is 10.4. The number of benzene rings is 1. The zero-order valence-corrected chi connectivity index (χ0v) is 21.3. The zero-order valence-electron chi connectivity index (χ0n) is 19.7. The van der Waals surface area contributed by atoms with Crippen molar-refractivity contribution in [2.45, 2.75) is 37.9 Å². The molecule has 1 aliphatic heterocycles. The molecule has 2 aromatic heterocycles. The van der Waals surface area contributed by atoms with E-state index in [0.29, 0.717) is 13.0 Å². The zero-order chi connectivity index (χ0) is 25.1. The van der Waals surface area contributed by atoms with Crippen LogP contribution in [0, 0.1) is 0 Å². The molecule has 0 spiro atoms. The Labute approximate surface area is 214 Å². The molecule has 188 valence electrons. The molecule has 3 heterocycles. The van der Waals surface area contributed by atoms with Gasteiger partial charge in [-0.25, -0.2) is 13.2 Å². The van der Waals surface area contributed by atoms with Crippen molar-refractivity contribution in [1.29, 1.82) is 0 Å². The Balaban J connectivity index is 1.24. The van der Waals surface area contributed by atoms with Crippen LogP contribution in [0.5, 0.6) is 0 Å². The largest absolute Gasteiger partial charge is 0.452 e. The molecule has 1 saturated carbocycles. The van der Waals surface area contributed by atoms with Gasteiger partial charge in [0, 0.05) is 29.9 Å². The van der Waals surface area contributed by atoms with Gasteiger partial charge in [0.1, 0.15) is 5.69 Å². The van der Waals surface area contributed by atoms with Gasteiger partial charge in [0.2, 0.25) is 0 Å². The molecule has 36 heavy (non-hydrogen) atoms. The molecular formula is C26H27N3O5S2. The summed E-state index contributed by atoms with van der Waals surface area (Å²) in [5.74, 6) is -0.884. The third-order valence-corrected chi connectivity index (χ3v) is 8.93. The van der Waals surface area contributed by atoms with Crippen molar-refractivity contribution in [2.75, 3.05) is 18.1 Å². The van der Waals surface area contributed by atoms with E-state index in [1.807, 2.05) is 58.7 Å². The highest BCUT2D eigenvalue weighted by Gasteiger charge is 2.42. The van der Waals surface area contributed by atoms with Gasteiger partial charge in [0.15, 0.2) is 16.4 Å². The van der Waals surface area contributed by atoms with Crippen LogP contribution < -0.4 is 0 Å². The lowest BCUT2D eigenvalue weighted by atomic mass is 10.2. The van der Waals surface area contributed by atoms with Crippen LogP contribution in [0.3, 0.4) is 0 Å². The summed E-state index contributed by atoms with van der Waals surface area (Å²) in [5.41, 5.74) is 2.65. The Morgan fingerprint density at radius 2 is 1.92 bits per heavy atom. The first-order valence-corrected chi connectivity index (χ1v) is 14.6. The van der Waals surface area contributed by atoms with Gasteiger partial charge in [0.05, 0.1) is 22.9 Å². The van der Waals surface area contributed by atoms with Crippen LogP contribution in [0.4, 0.5) is 0 Å². The number of nitrogens with zero attached hydrogens (tertiary/aromatic N) is 3. The standard InChI is InChI=1S/C26H27N3O5S2/c30-24(29(21-9-10-21)22-12-14-36(32,33)18-22)17-34-25(31)11-8-20-16-28(15-19-5-2-1-3-6-19)27-26(20)23-7-4-13-35-23/h1-8,11,13,16,21-22H,9-10,12,14-15,17-18H2/b11-8+. The molecule has 1 amide bonds. The lowest BCUT2D eigenvalue weighted by Crippen LogP contribution is -2.44. The summed E-state index contributed by atoms with van der Waals surface area (Å²) < 4.78 is 30.8. The first kappa shape index (κ1) is 24.5. The van der Waals surface area contributed by atoms with Crippen molar-refractivity contribution in [3.8, 4) is 10.6 Å². The molecule has 2 fully saturated rings. The van der Waals surface area contributed by atoms with Crippen LogP contribution in [0.25, 0.3) is 16.6 Å². The topological polar surface area (TPSA) is 98.6 Å². The van der Waals surface area contributed by atoms with Crippen molar-refractivity contribution in [3.63, 3.8) is 0 Å². The summed E-state index contributed by atoms with van der Waals surface area (Å²) in [6, 6.07) is 13.6. The number of esters is 1. The Bertz CT molecular complexity index is 1360. The maximum atomic E-state index is 12.8. The number of sulfone groups is 1. The predicted octanol–water partition coefficient (Wildman–Crippen LogP) is 3.39. The van der Waals surface area contributed by atoms with Gasteiger partial charge < -0.3 is 9.64 Å². The lowest BCUT2D eigenvalue weighted by molar-refractivity contribution is -0.149. The summed E-state index contributed by atoms with van der Waals surface area (Å²) in [6.45, 7) is 0.196. The fourth-order valence-corrected chi connectivity index (χ4v) is 6.92. The van der Waals surface area contributed by atoms with E-state index in [0.717, 1.165) is 34.5 Å². The van der Waals surface area contributed by atoms with Gasteiger partial charge in [-0.15, -0.1) is 11.3 Å². The van der Waals surface area contributed by atoms with Crippen molar-refractivity contribution in [1.82, 2.24) is 14.7 Å². The molecule has 1 aromatic carbocycles. The van der Waals surface area contributed by atoms with Gasteiger partial charge in [-0.3, -0.25) is 9.48 Å². The fourth-order valence-electron chi connectivity index (χ4n) is 4.48. The maximum Gasteiger partial charge on any atom is 0.331 e. The van der Waals surface area contributed by atoms with E-state index < -0.39 is 22.4 Å². The maximum absolute atomic E-state index is 12.8. The highest BCUT2D eigenvalue weighted by atomic mass is 32.2. The summed E-state index contributed by atoms with van der Waals surface area (Å²) in [7, 11) is -3.11. The summed E-state index contributed by atoms with van der Waals surface area (Å²) in [4.78, 5) is 27.9. The third kappa shape index (κ3) is 5.93.